The molecule has 2 bridgehead atoms. The molecule has 1 aromatic rings. The van der Waals surface area contributed by atoms with Gasteiger partial charge in [0, 0.05) is 31.1 Å². The number of hydrogen-bond donors (Lipinski definition) is 2. The highest BCUT2D eigenvalue weighted by atomic mass is 35.5. The van der Waals surface area contributed by atoms with Crippen LogP contribution in [0.4, 0.5) is 0 Å². The maximum atomic E-state index is 12.8. The van der Waals surface area contributed by atoms with Gasteiger partial charge in [0.1, 0.15) is 0 Å². The minimum atomic E-state index is 0. The summed E-state index contributed by atoms with van der Waals surface area (Å²) in [5, 5.41) is 3.39. The van der Waals surface area contributed by atoms with E-state index in [2.05, 4.69) is 40.5 Å². The first-order valence-corrected chi connectivity index (χ1v) is 11.0. The highest BCUT2D eigenvalue weighted by molar-refractivity contribution is 5.85. The second-order valence-corrected chi connectivity index (χ2v) is 9.22. The summed E-state index contributed by atoms with van der Waals surface area (Å²) < 4.78 is 0. The summed E-state index contributed by atoms with van der Waals surface area (Å²) in [6.07, 6.45) is 11.4. The van der Waals surface area contributed by atoms with E-state index < -0.39 is 0 Å². The van der Waals surface area contributed by atoms with Gasteiger partial charge in [-0.25, -0.2) is 0 Å². The summed E-state index contributed by atoms with van der Waals surface area (Å²) in [6.45, 7) is 1.70. The maximum absolute atomic E-state index is 12.8. The number of nitrogens with zero attached hydrogens (tertiary/aromatic N) is 1. The van der Waals surface area contributed by atoms with Crippen LogP contribution in [-0.4, -0.2) is 35.5 Å². The van der Waals surface area contributed by atoms with Gasteiger partial charge in [0.2, 0.25) is 5.91 Å². The molecular weight excluding hydrogens is 405 g/mol. The van der Waals surface area contributed by atoms with Crippen LogP contribution in [0.5, 0.6) is 0 Å². The molecule has 29 heavy (non-hydrogen) atoms. The first-order valence-electron chi connectivity index (χ1n) is 11.0. The van der Waals surface area contributed by atoms with Gasteiger partial charge in [-0.1, -0.05) is 49.6 Å². The number of carbonyl (C=O) groups is 1. The number of nitrogens with two attached hydrogens (primary N) is 1. The van der Waals surface area contributed by atoms with E-state index in [4.69, 9.17) is 5.73 Å². The molecule has 1 aliphatic carbocycles. The average molecular weight is 442 g/mol. The number of halogens is 2. The molecule has 0 radical (unpaired) electrons. The maximum Gasteiger partial charge on any atom is 0.220 e. The molecule has 1 amide bonds. The molecule has 2 saturated heterocycles. The van der Waals surface area contributed by atoms with Crippen LogP contribution in [0.15, 0.2) is 30.3 Å². The van der Waals surface area contributed by atoms with Crippen molar-refractivity contribution in [2.24, 2.45) is 11.1 Å². The number of nitrogens with one attached hydrogen (secondary N) is 1. The predicted molar refractivity (Wildman–Crippen MR) is 124 cm³/mol. The Bertz CT molecular complexity index is 622. The van der Waals surface area contributed by atoms with E-state index in [0.29, 0.717) is 31.1 Å². The zero-order chi connectivity index (χ0) is 18.7. The zero-order valence-corrected chi connectivity index (χ0v) is 19.0. The third kappa shape index (κ3) is 5.88. The molecule has 1 aromatic carbocycles. The summed E-state index contributed by atoms with van der Waals surface area (Å²) in [4.78, 5) is 15.5. The number of amides is 1. The Morgan fingerprint density at radius 2 is 1.66 bits per heavy atom. The highest BCUT2D eigenvalue weighted by Gasteiger charge is 2.41. The molecule has 4 nitrogen and oxygen atoms in total. The van der Waals surface area contributed by atoms with Crippen molar-refractivity contribution in [1.82, 2.24) is 10.2 Å². The largest absolute Gasteiger partial charge is 0.353 e. The van der Waals surface area contributed by atoms with Gasteiger partial charge >= 0.3 is 0 Å². The van der Waals surface area contributed by atoms with Crippen LogP contribution in [0.1, 0.15) is 69.8 Å². The molecule has 0 aromatic heterocycles. The monoisotopic (exact) mass is 441 g/mol. The van der Waals surface area contributed by atoms with Gasteiger partial charge < -0.3 is 11.1 Å². The van der Waals surface area contributed by atoms with Crippen molar-refractivity contribution in [2.45, 2.75) is 88.9 Å². The third-order valence-corrected chi connectivity index (χ3v) is 7.34. The number of rotatable bonds is 6. The van der Waals surface area contributed by atoms with Crippen molar-refractivity contribution in [3.63, 3.8) is 0 Å². The number of benzene rings is 1. The Labute approximate surface area is 188 Å². The first-order chi connectivity index (χ1) is 13.2. The standard InChI is InChI=1S/C23H35N3O.2ClH/c24-17-23(11-5-2-6-12-23)15-22(27)25-19-13-20-9-10-21(14-19)26(20)16-18-7-3-1-4-8-18;;/h1,3-4,7-8,19-21H,2,5-6,9-17,24H2,(H,25,27);2*1H. The van der Waals surface area contributed by atoms with Crippen molar-refractivity contribution >= 4 is 30.7 Å². The minimum Gasteiger partial charge on any atom is -0.353 e. The lowest BCUT2D eigenvalue weighted by Gasteiger charge is -2.40. The van der Waals surface area contributed by atoms with Gasteiger partial charge in [0.05, 0.1) is 0 Å². The summed E-state index contributed by atoms with van der Waals surface area (Å²) >= 11 is 0. The van der Waals surface area contributed by atoms with Gasteiger partial charge in [0.15, 0.2) is 0 Å². The zero-order valence-electron chi connectivity index (χ0n) is 17.4. The molecule has 2 heterocycles. The van der Waals surface area contributed by atoms with Crippen LogP contribution < -0.4 is 11.1 Å². The van der Waals surface area contributed by atoms with Crippen molar-refractivity contribution < 1.29 is 4.79 Å². The van der Waals surface area contributed by atoms with Gasteiger partial charge in [-0.3, -0.25) is 9.69 Å². The Balaban J connectivity index is 0.00000150. The Kier molecular flexibility index (Phi) is 9.27. The fourth-order valence-corrected chi connectivity index (χ4v) is 5.82. The smallest absolute Gasteiger partial charge is 0.220 e. The summed E-state index contributed by atoms with van der Waals surface area (Å²) in [6, 6.07) is 12.4. The lowest BCUT2D eigenvalue weighted by atomic mass is 9.71. The lowest BCUT2D eigenvalue weighted by molar-refractivity contribution is -0.125. The average Bonchev–Trinajstić information content (AvgIpc) is 2.92. The van der Waals surface area contributed by atoms with Crippen LogP contribution >= 0.6 is 24.8 Å². The first kappa shape index (κ1) is 24.5. The molecule has 4 rings (SSSR count). The number of piperidine rings is 1. The second kappa shape index (κ2) is 11.0. The fourth-order valence-electron chi connectivity index (χ4n) is 5.82. The summed E-state index contributed by atoms with van der Waals surface area (Å²) in [5.74, 6) is 0.239. The minimum absolute atomic E-state index is 0. The molecule has 3 fully saturated rings. The molecule has 2 atom stereocenters. The Hall–Kier alpha value is -0.810. The van der Waals surface area contributed by atoms with E-state index in [0.717, 1.165) is 32.2 Å². The molecule has 164 valence electrons. The van der Waals surface area contributed by atoms with E-state index >= 15 is 0 Å². The van der Waals surface area contributed by atoms with Gasteiger partial charge in [0.25, 0.3) is 0 Å². The van der Waals surface area contributed by atoms with Crippen LogP contribution in [0.2, 0.25) is 0 Å². The molecule has 1 saturated carbocycles. The summed E-state index contributed by atoms with van der Waals surface area (Å²) in [7, 11) is 0. The predicted octanol–water partition coefficient (Wildman–Crippen LogP) is 4.44. The van der Waals surface area contributed by atoms with Crippen LogP contribution in [0.25, 0.3) is 0 Å². The van der Waals surface area contributed by atoms with Crippen LogP contribution in [0, 0.1) is 5.41 Å². The normalized spacial score (nSPS) is 28.1. The second-order valence-electron chi connectivity index (χ2n) is 9.22. The molecule has 3 aliphatic rings. The van der Waals surface area contributed by atoms with Gasteiger partial charge in [-0.15, -0.1) is 24.8 Å². The molecule has 2 unspecified atom stereocenters. The molecule has 6 heteroatoms. The quantitative estimate of drug-likeness (QED) is 0.685. The van der Waals surface area contributed by atoms with Gasteiger partial charge in [-0.05, 0) is 56.0 Å². The van der Waals surface area contributed by atoms with Crippen LogP contribution in [0.3, 0.4) is 0 Å². The Morgan fingerprint density at radius 3 is 2.24 bits per heavy atom. The lowest BCUT2D eigenvalue weighted by Crippen LogP contribution is -2.51. The van der Waals surface area contributed by atoms with E-state index in [1.165, 1.54) is 37.7 Å². The van der Waals surface area contributed by atoms with E-state index in [9.17, 15) is 4.79 Å². The molecule has 0 spiro atoms. The topological polar surface area (TPSA) is 58.4 Å². The van der Waals surface area contributed by atoms with Crippen molar-refractivity contribution in [3.05, 3.63) is 35.9 Å². The van der Waals surface area contributed by atoms with E-state index in [1.807, 2.05) is 0 Å². The SMILES string of the molecule is Cl.Cl.NCC1(CC(=O)NC2CC3CCC(C2)N3Cc2ccccc2)CCCCC1. The fraction of sp³-hybridized carbons (Fsp3) is 0.696. The number of hydrogen-bond acceptors (Lipinski definition) is 3. The van der Waals surface area contributed by atoms with Crippen molar-refractivity contribution in [3.8, 4) is 0 Å². The summed E-state index contributed by atoms with van der Waals surface area (Å²) in [5.41, 5.74) is 7.55. The van der Waals surface area contributed by atoms with Crippen molar-refractivity contribution in [2.75, 3.05) is 6.54 Å². The van der Waals surface area contributed by atoms with E-state index in [-0.39, 0.29) is 36.1 Å². The van der Waals surface area contributed by atoms with Gasteiger partial charge in [-0.2, -0.15) is 0 Å². The number of carbonyl (C=O) groups excluding carboxylic acids is 1. The third-order valence-electron chi connectivity index (χ3n) is 7.34. The Morgan fingerprint density at radius 1 is 1.03 bits per heavy atom. The molecular formula is C23H37Cl2N3O. The van der Waals surface area contributed by atoms with E-state index in [1.54, 1.807) is 0 Å². The van der Waals surface area contributed by atoms with Crippen molar-refractivity contribution in [1.29, 1.82) is 0 Å². The number of fused-ring (bicyclic) bond motifs is 2. The highest BCUT2D eigenvalue weighted by Crippen LogP contribution is 2.39. The molecule has 2 aliphatic heterocycles. The van der Waals surface area contributed by atoms with Crippen LogP contribution in [-0.2, 0) is 11.3 Å². The molecule has 3 N–H and O–H groups in total.